The number of rotatable bonds is 3. The Labute approximate surface area is 128 Å². The Morgan fingerprint density at radius 2 is 2.00 bits per heavy atom. The fourth-order valence-corrected chi connectivity index (χ4v) is 2.61. The highest BCUT2D eigenvalue weighted by molar-refractivity contribution is 5.90. The molecular formula is C16H18N2O4. The van der Waals surface area contributed by atoms with Crippen molar-refractivity contribution < 1.29 is 19.4 Å². The van der Waals surface area contributed by atoms with Crippen LogP contribution < -0.4 is 9.47 Å². The minimum absolute atomic E-state index is 0.0378. The highest BCUT2D eigenvalue weighted by Crippen LogP contribution is 2.36. The van der Waals surface area contributed by atoms with Gasteiger partial charge in [-0.1, -0.05) is 13.8 Å². The van der Waals surface area contributed by atoms with Crippen LogP contribution in [0.15, 0.2) is 18.2 Å². The molecule has 3 rings (SSSR count). The number of carboxylic acid groups (broad SMARTS) is 1. The van der Waals surface area contributed by atoms with E-state index in [2.05, 4.69) is 10.2 Å². The SMILES string of the molecule is CC(C)c1c(-c2ccc3c(c2)OCCCO3)n[nH]c1C(=O)O. The van der Waals surface area contributed by atoms with E-state index in [0.29, 0.717) is 36.0 Å². The van der Waals surface area contributed by atoms with Crippen LogP contribution in [0.5, 0.6) is 11.5 Å². The van der Waals surface area contributed by atoms with Gasteiger partial charge in [-0.3, -0.25) is 5.10 Å². The van der Waals surface area contributed by atoms with E-state index in [-0.39, 0.29) is 11.6 Å². The third-order valence-electron chi connectivity index (χ3n) is 3.62. The molecule has 2 N–H and O–H groups in total. The van der Waals surface area contributed by atoms with Crippen molar-refractivity contribution in [3.8, 4) is 22.8 Å². The molecule has 0 aliphatic carbocycles. The molecule has 0 saturated heterocycles. The van der Waals surface area contributed by atoms with Crippen LogP contribution in [-0.4, -0.2) is 34.5 Å². The lowest BCUT2D eigenvalue weighted by atomic mass is 9.96. The number of nitrogens with one attached hydrogen (secondary N) is 1. The van der Waals surface area contributed by atoms with Crippen molar-refractivity contribution >= 4 is 5.97 Å². The summed E-state index contributed by atoms with van der Waals surface area (Å²) in [6.07, 6.45) is 0.840. The molecule has 1 aromatic heterocycles. The van der Waals surface area contributed by atoms with Crippen LogP contribution in [0, 0.1) is 0 Å². The van der Waals surface area contributed by atoms with E-state index in [0.717, 1.165) is 12.0 Å². The summed E-state index contributed by atoms with van der Waals surface area (Å²) in [4.78, 5) is 11.3. The molecule has 1 aliphatic rings. The topological polar surface area (TPSA) is 84.4 Å². The number of hydrogen-bond donors (Lipinski definition) is 2. The molecule has 0 bridgehead atoms. The summed E-state index contributed by atoms with van der Waals surface area (Å²) in [7, 11) is 0. The second-order valence-electron chi connectivity index (χ2n) is 5.53. The summed E-state index contributed by atoms with van der Waals surface area (Å²) in [5.41, 5.74) is 2.29. The summed E-state index contributed by atoms with van der Waals surface area (Å²) in [5.74, 6) is 0.415. The van der Waals surface area contributed by atoms with Gasteiger partial charge in [0.25, 0.3) is 0 Å². The molecule has 0 spiro atoms. The van der Waals surface area contributed by atoms with Crippen LogP contribution in [0.2, 0.25) is 0 Å². The zero-order valence-electron chi connectivity index (χ0n) is 12.5. The summed E-state index contributed by atoms with van der Waals surface area (Å²) < 4.78 is 11.3. The number of ether oxygens (including phenoxy) is 2. The summed E-state index contributed by atoms with van der Waals surface area (Å²) in [5, 5.41) is 16.1. The zero-order chi connectivity index (χ0) is 15.7. The molecule has 1 aliphatic heterocycles. The van der Waals surface area contributed by atoms with Gasteiger partial charge < -0.3 is 14.6 Å². The van der Waals surface area contributed by atoms with E-state index in [1.54, 1.807) is 0 Å². The van der Waals surface area contributed by atoms with E-state index in [4.69, 9.17) is 9.47 Å². The first-order chi connectivity index (χ1) is 10.6. The minimum atomic E-state index is -1.00. The average molecular weight is 302 g/mol. The molecule has 0 radical (unpaired) electrons. The summed E-state index contributed by atoms with van der Waals surface area (Å²) in [6.45, 7) is 5.14. The van der Waals surface area contributed by atoms with Gasteiger partial charge in [-0.15, -0.1) is 0 Å². The van der Waals surface area contributed by atoms with Crippen molar-refractivity contribution in [3.63, 3.8) is 0 Å². The first kappa shape index (κ1) is 14.4. The fourth-order valence-electron chi connectivity index (χ4n) is 2.61. The molecule has 6 nitrogen and oxygen atoms in total. The molecule has 0 saturated carbocycles. The highest BCUT2D eigenvalue weighted by Gasteiger charge is 2.23. The van der Waals surface area contributed by atoms with Crippen molar-refractivity contribution in [2.45, 2.75) is 26.2 Å². The monoisotopic (exact) mass is 302 g/mol. The Morgan fingerprint density at radius 3 is 2.68 bits per heavy atom. The van der Waals surface area contributed by atoms with Crippen LogP contribution >= 0.6 is 0 Å². The Bertz CT molecular complexity index is 706. The Morgan fingerprint density at radius 1 is 1.27 bits per heavy atom. The van der Waals surface area contributed by atoms with Crippen LogP contribution in [0.25, 0.3) is 11.3 Å². The Hall–Kier alpha value is -2.50. The third kappa shape index (κ3) is 2.52. The predicted molar refractivity (Wildman–Crippen MR) is 80.7 cm³/mol. The molecule has 0 fully saturated rings. The number of carbonyl (C=O) groups is 1. The molecule has 0 atom stereocenters. The lowest BCUT2D eigenvalue weighted by molar-refractivity contribution is 0.0689. The number of hydrogen-bond acceptors (Lipinski definition) is 4. The fraction of sp³-hybridized carbons (Fsp3) is 0.375. The second-order valence-corrected chi connectivity index (χ2v) is 5.53. The maximum absolute atomic E-state index is 11.3. The van der Waals surface area contributed by atoms with Crippen molar-refractivity contribution in [2.75, 3.05) is 13.2 Å². The van der Waals surface area contributed by atoms with Crippen molar-refractivity contribution in [1.29, 1.82) is 0 Å². The molecule has 2 aromatic rings. The van der Waals surface area contributed by atoms with Crippen molar-refractivity contribution in [1.82, 2.24) is 10.2 Å². The predicted octanol–water partition coefficient (Wildman–Crippen LogP) is 3.06. The summed E-state index contributed by atoms with van der Waals surface area (Å²) in [6, 6.07) is 5.57. The number of aromatic amines is 1. The van der Waals surface area contributed by atoms with Gasteiger partial charge in [0.2, 0.25) is 0 Å². The average Bonchev–Trinajstić information content (AvgIpc) is 2.80. The number of fused-ring (bicyclic) bond motifs is 1. The van der Waals surface area contributed by atoms with Gasteiger partial charge in [0.1, 0.15) is 5.69 Å². The normalized spacial score (nSPS) is 14.0. The molecule has 0 unspecified atom stereocenters. The van der Waals surface area contributed by atoms with Crippen LogP contribution in [-0.2, 0) is 0 Å². The number of H-pyrrole nitrogens is 1. The third-order valence-corrected chi connectivity index (χ3v) is 3.62. The molecule has 6 heteroatoms. The quantitative estimate of drug-likeness (QED) is 0.910. The van der Waals surface area contributed by atoms with Crippen molar-refractivity contribution in [3.05, 3.63) is 29.5 Å². The summed E-state index contributed by atoms with van der Waals surface area (Å²) >= 11 is 0. The van der Waals surface area contributed by atoms with E-state index < -0.39 is 5.97 Å². The first-order valence-electron chi connectivity index (χ1n) is 7.29. The second kappa shape index (κ2) is 5.71. The lowest BCUT2D eigenvalue weighted by Gasteiger charge is -2.11. The van der Waals surface area contributed by atoms with Crippen LogP contribution in [0.1, 0.15) is 42.2 Å². The van der Waals surface area contributed by atoms with Crippen LogP contribution in [0.4, 0.5) is 0 Å². The molecule has 22 heavy (non-hydrogen) atoms. The van der Waals surface area contributed by atoms with Crippen LogP contribution in [0.3, 0.4) is 0 Å². The smallest absolute Gasteiger partial charge is 0.354 e. The van der Waals surface area contributed by atoms with Gasteiger partial charge in [-0.25, -0.2) is 4.79 Å². The zero-order valence-corrected chi connectivity index (χ0v) is 12.5. The molecular weight excluding hydrogens is 284 g/mol. The molecule has 0 amide bonds. The van der Waals surface area contributed by atoms with Gasteiger partial charge in [0.05, 0.1) is 18.9 Å². The maximum atomic E-state index is 11.3. The number of aromatic carboxylic acids is 1. The number of benzene rings is 1. The van der Waals surface area contributed by atoms with E-state index in [9.17, 15) is 9.90 Å². The maximum Gasteiger partial charge on any atom is 0.354 e. The largest absolute Gasteiger partial charge is 0.490 e. The van der Waals surface area contributed by atoms with E-state index >= 15 is 0 Å². The van der Waals surface area contributed by atoms with E-state index in [1.807, 2.05) is 32.0 Å². The van der Waals surface area contributed by atoms with Crippen molar-refractivity contribution in [2.24, 2.45) is 0 Å². The standard InChI is InChI=1S/C16H18N2O4/c1-9(2)13-14(17-18-15(13)16(19)20)10-4-5-11-12(8-10)22-7-3-6-21-11/h4-5,8-9H,3,6-7H2,1-2H3,(H,17,18)(H,19,20). The lowest BCUT2D eigenvalue weighted by Crippen LogP contribution is -2.03. The van der Waals surface area contributed by atoms with Gasteiger partial charge in [-0.2, -0.15) is 5.10 Å². The number of carboxylic acids is 1. The number of nitrogens with zero attached hydrogens (tertiary/aromatic N) is 1. The van der Waals surface area contributed by atoms with E-state index in [1.165, 1.54) is 0 Å². The van der Waals surface area contributed by atoms with Gasteiger partial charge in [0, 0.05) is 17.5 Å². The molecule has 1 aromatic carbocycles. The Balaban J connectivity index is 2.08. The van der Waals surface area contributed by atoms with Gasteiger partial charge >= 0.3 is 5.97 Å². The molecule has 116 valence electrons. The number of aromatic nitrogens is 2. The minimum Gasteiger partial charge on any atom is -0.490 e. The van der Waals surface area contributed by atoms with Gasteiger partial charge in [0.15, 0.2) is 11.5 Å². The Kier molecular flexibility index (Phi) is 3.75. The highest BCUT2D eigenvalue weighted by atomic mass is 16.5. The van der Waals surface area contributed by atoms with Gasteiger partial charge in [-0.05, 0) is 24.1 Å². The molecule has 2 heterocycles. The first-order valence-corrected chi connectivity index (χ1v) is 7.29.